The highest BCUT2D eigenvalue weighted by Crippen LogP contribution is 2.35. The van der Waals surface area contributed by atoms with Gasteiger partial charge in [-0.25, -0.2) is 18.5 Å². The number of ether oxygens (including phenoxy) is 1. The van der Waals surface area contributed by atoms with Gasteiger partial charge >= 0.3 is 5.69 Å². The molecule has 1 aliphatic rings. The molecule has 2 rings (SSSR count). The van der Waals surface area contributed by atoms with Crippen molar-refractivity contribution >= 4 is 15.7 Å². The average Bonchev–Trinajstić information content (AvgIpc) is 2.99. The topological polar surface area (TPSA) is 125 Å². The van der Waals surface area contributed by atoms with E-state index >= 15 is 0 Å². The molecule has 0 aliphatic heterocycles. The Labute approximate surface area is 96.6 Å². The molecular weight excluding hydrogens is 250 g/mol. The van der Waals surface area contributed by atoms with E-state index in [0.717, 1.165) is 19.0 Å². The summed E-state index contributed by atoms with van der Waals surface area (Å²) >= 11 is 0. The van der Waals surface area contributed by atoms with Crippen LogP contribution in [0, 0.1) is 10.1 Å². The van der Waals surface area contributed by atoms with Crippen molar-refractivity contribution in [1.29, 1.82) is 0 Å². The molecule has 92 valence electrons. The molecule has 0 aromatic carbocycles. The van der Waals surface area contributed by atoms with Crippen molar-refractivity contribution in [1.82, 2.24) is 4.98 Å². The number of nitro groups is 1. The van der Waals surface area contributed by atoms with E-state index in [1.807, 2.05) is 0 Å². The first kappa shape index (κ1) is 11.7. The molecule has 8 nitrogen and oxygen atoms in total. The average molecular weight is 259 g/mol. The second-order valence-corrected chi connectivity index (χ2v) is 5.06. The lowest BCUT2D eigenvalue weighted by Gasteiger charge is -2.06. The Bertz CT molecular complexity index is 567. The molecule has 17 heavy (non-hydrogen) atoms. The highest BCUT2D eigenvalue weighted by molar-refractivity contribution is 7.89. The highest BCUT2D eigenvalue weighted by atomic mass is 32.2. The van der Waals surface area contributed by atoms with Gasteiger partial charge in [-0.1, -0.05) is 0 Å². The Morgan fingerprint density at radius 2 is 2.18 bits per heavy atom. The maximum atomic E-state index is 11.2. The minimum Gasteiger partial charge on any atom is -0.483 e. The molecule has 0 spiro atoms. The summed E-state index contributed by atoms with van der Waals surface area (Å²) in [5.41, 5.74) is -0.707. The van der Waals surface area contributed by atoms with Crippen molar-refractivity contribution in [3.63, 3.8) is 0 Å². The first-order chi connectivity index (χ1) is 7.89. The van der Waals surface area contributed by atoms with Gasteiger partial charge in [0.1, 0.15) is 0 Å². The third-order valence-electron chi connectivity index (χ3n) is 2.12. The molecule has 0 radical (unpaired) electrons. The number of hydrogen-bond acceptors (Lipinski definition) is 6. The SMILES string of the molecule is NS(=O)(=O)c1nccc(OC2CC2)c1[N+](=O)[O-]. The van der Waals surface area contributed by atoms with Crippen LogP contribution in [0.5, 0.6) is 5.75 Å². The van der Waals surface area contributed by atoms with Gasteiger partial charge < -0.3 is 4.74 Å². The van der Waals surface area contributed by atoms with Crippen LogP contribution < -0.4 is 9.88 Å². The maximum Gasteiger partial charge on any atom is 0.349 e. The Morgan fingerprint density at radius 1 is 1.53 bits per heavy atom. The van der Waals surface area contributed by atoms with Crippen molar-refractivity contribution in [2.75, 3.05) is 0 Å². The Hall–Kier alpha value is -1.74. The molecule has 9 heteroatoms. The van der Waals surface area contributed by atoms with Crippen LogP contribution in [0.2, 0.25) is 0 Å². The lowest BCUT2D eigenvalue weighted by atomic mass is 10.4. The molecule has 1 heterocycles. The van der Waals surface area contributed by atoms with Crippen molar-refractivity contribution in [2.45, 2.75) is 24.0 Å². The fraction of sp³-hybridized carbons (Fsp3) is 0.375. The summed E-state index contributed by atoms with van der Waals surface area (Å²) in [7, 11) is -4.25. The van der Waals surface area contributed by atoms with Crippen molar-refractivity contribution in [3.05, 3.63) is 22.4 Å². The Kier molecular flexibility index (Phi) is 2.71. The lowest BCUT2D eigenvalue weighted by Crippen LogP contribution is -2.16. The van der Waals surface area contributed by atoms with Gasteiger partial charge in [0.2, 0.25) is 5.75 Å². The fourth-order valence-electron chi connectivity index (χ4n) is 1.25. The summed E-state index contributed by atoms with van der Waals surface area (Å²) in [5, 5.41) is 14.9. The van der Waals surface area contributed by atoms with Gasteiger partial charge in [-0.15, -0.1) is 0 Å². The maximum absolute atomic E-state index is 11.2. The number of pyridine rings is 1. The monoisotopic (exact) mass is 259 g/mol. The first-order valence-corrected chi connectivity index (χ1v) is 6.27. The van der Waals surface area contributed by atoms with Crippen molar-refractivity contribution in [3.8, 4) is 5.75 Å². The highest BCUT2D eigenvalue weighted by Gasteiger charge is 2.33. The normalized spacial score (nSPS) is 15.6. The third-order valence-corrected chi connectivity index (χ3v) is 2.96. The van der Waals surface area contributed by atoms with E-state index in [1.54, 1.807) is 0 Å². The van der Waals surface area contributed by atoms with E-state index in [2.05, 4.69) is 4.98 Å². The van der Waals surface area contributed by atoms with E-state index in [9.17, 15) is 18.5 Å². The van der Waals surface area contributed by atoms with Crippen LogP contribution in [0.4, 0.5) is 5.69 Å². The number of sulfonamides is 1. The zero-order chi connectivity index (χ0) is 12.6. The molecular formula is C8H9N3O5S. The first-order valence-electron chi connectivity index (χ1n) is 4.72. The number of rotatable bonds is 4. The van der Waals surface area contributed by atoms with Gasteiger partial charge in [0.05, 0.1) is 11.0 Å². The predicted molar refractivity (Wildman–Crippen MR) is 55.9 cm³/mol. The second kappa shape index (κ2) is 3.93. The number of hydrogen-bond donors (Lipinski definition) is 1. The molecule has 1 fully saturated rings. The predicted octanol–water partition coefficient (Wildman–Crippen LogP) is 0.178. The number of nitrogens with zero attached hydrogens (tertiary/aromatic N) is 2. The zero-order valence-electron chi connectivity index (χ0n) is 8.57. The molecule has 0 amide bonds. The molecule has 0 unspecified atom stereocenters. The van der Waals surface area contributed by atoms with E-state index in [4.69, 9.17) is 9.88 Å². The second-order valence-electron chi connectivity index (χ2n) is 3.58. The van der Waals surface area contributed by atoms with E-state index in [-0.39, 0.29) is 11.9 Å². The molecule has 1 saturated carbocycles. The van der Waals surface area contributed by atoms with Gasteiger partial charge in [0, 0.05) is 12.3 Å². The van der Waals surface area contributed by atoms with Crippen molar-refractivity contribution in [2.24, 2.45) is 5.14 Å². The standard InChI is InChI=1S/C8H9N3O5S/c9-17(14,15)8-7(11(12)13)6(3-4-10-8)16-5-1-2-5/h3-5H,1-2H2,(H2,9,14,15). The number of aromatic nitrogens is 1. The molecule has 0 bridgehead atoms. The molecule has 1 aliphatic carbocycles. The summed E-state index contributed by atoms with van der Waals surface area (Å²) in [6.07, 6.45) is 2.61. The summed E-state index contributed by atoms with van der Waals surface area (Å²) in [6.45, 7) is 0. The Morgan fingerprint density at radius 3 is 2.65 bits per heavy atom. The van der Waals surface area contributed by atoms with Gasteiger partial charge in [-0.2, -0.15) is 0 Å². The number of primary sulfonamides is 1. The van der Waals surface area contributed by atoms with Crippen LogP contribution in [-0.2, 0) is 10.0 Å². The molecule has 1 aromatic rings. The van der Waals surface area contributed by atoms with Crippen LogP contribution in [-0.4, -0.2) is 24.4 Å². The van der Waals surface area contributed by atoms with Gasteiger partial charge in [0.25, 0.3) is 15.0 Å². The van der Waals surface area contributed by atoms with Gasteiger partial charge in [-0.05, 0) is 12.8 Å². The number of nitrogens with two attached hydrogens (primary N) is 1. The van der Waals surface area contributed by atoms with Crippen LogP contribution in [0.15, 0.2) is 17.3 Å². The Balaban J connectivity index is 2.55. The summed E-state index contributed by atoms with van der Waals surface area (Å²) in [5.74, 6) is -0.114. The van der Waals surface area contributed by atoms with Gasteiger partial charge in [-0.3, -0.25) is 10.1 Å². The van der Waals surface area contributed by atoms with Crippen LogP contribution >= 0.6 is 0 Å². The van der Waals surface area contributed by atoms with Crippen LogP contribution in [0.3, 0.4) is 0 Å². The third kappa shape index (κ3) is 2.50. The lowest BCUT2D eigenvalue weighted by molar-refractivity contribution is -0.389. The molecule has 2 N–H and O–H groups in total. The van der Waals surface area contributed by atoms with Crippen LogP contribution in [0.1, 0.15) is 12.8 Å². The fourth-order valence-corrected chi connectivity index (χ4v) is 1.91. The molecule has 0 saturated heterocycles. The van der Waals surface area contributed by atoms with E-state index < -0.39 is 25.7 Å². The van der Waals surface area contributed by atoms with Crippen molar-refractivity contribution < 1.29 is 18.1 Å². The quantitative estimate of drug-likeness (QED) is 0.607. The summed E-state index contributed by atoms with van der Waals surface area (Å²) in [4.78, 5) is 13.4. The minimum atomic E-state index is -4.25. The van der Waals surface area contributed by atoms with E-state index in [1.165, 1.54) is 6.07 Å². The summed E-state index contributed by atoms with van der Waals surface area (Å²) in [6, 6.07) is 1.26. The van der Waals surface area contributed by atoms with Gasteiger partial charge in [0.15, 0.2) is 0 Å². The smallest absolute Gasteiger partial charge is 0.349 e. The summed E-state index contributed by atoms with van der Waals surface area (Å²) < 4.78 is 27.6. The largest absolute Gasteiger partial charge is 0.483 e. The molecule has 0 atom stereocenters. The van der Waals surface area contributed by atoms with Crippen LogP contribution in [0.25, 0.3) is 0 Å². The zero-order valence-corrected chi connectivity index (χ0v) is 9.38. The van der Waals surface area contributed by atoms with E-state index in [0.29, 0.717) is 0 Å². The molecule has 1 aromatic heterocycles. The minimum absolute atomic E-state index is 0.0931.